The zero-order chi connectivity index (χ0) is 26.0. The largest absolute Gasteiger partial charge is 0.492 e. The van der Waals surface area contributed by atoms with Gasteiger partial charge in [-0.05, 0) is 56.0 Å². The maximum absolute atomic E-state index is 14.9. The van der Waals surface area contributed by atoms with Gasteiger partial charge in [-0.1, -0.05) is 25.2 Å². The monoisotopic (exact) mass is 506 g/mol. The summed E-state index contributed by atoms with van der Waals surface area (Å²) in [5.41, 5.74) is 1.44. The molecule has 0 saturated carbocycles. The van der Waals surface area contributed by atoms with Crippen molar-refractivity contribution in [2.45, 2.75) is 39.0 Å². The molecule has 1 saturated heterocycles. The van der Waals surface area contributed by atoms with Gasteiger partial charge in [0.15, 0.2) is 0 Å². The van der Waals surface area contributed by atoms with Crippen molar-refractivity contribution in [3.63, 3.8) is 0 Å². The van der Waals surface area contributed by atoms with Crippen molar-refractivity contribution >= 4 is 11.4 Å². The number of rotatable bonds is 12. The summed E-state index contributed by atoms with van der Waals surface area (Å²) >= 11 is 0. The van der Waals surface area contributed by atoms with Gasteiger partial charge in [0, 0.05) is 75.5 Å². The van der Waals surface area contributed by atoms with Crippen molar-refractivity contribution in [2.24, 2.45) is 11.8 Å². The number of hydrogen-bond donors (Lipinski definition) is 0. The van der Waals surface area contributed by atoms with Gasteiger partial charge in [0.2, 0.25) is 0 Å². The molecule has 1 aromatic carbocycles. The highest BCUT2D eigenvalue weighted by Crippen LogP contribution is 2.30. The third-order valence-electron chi connectivity index (χ3n) is 7.38. The van der Waals surface area contributed by atoms with Gasteiger partial charge in [0.05, 0.1) is 0 Å². The van der Waals surface area contributed by atoms with E-state index in [-0.39, 0.29) is 23.4 Å². The molecule has 2 aliphatic rings. The van der Waals surface area contributed by atoms with Gasteiger partial charge in [-0.2, -0.15) is 0 Å². The molecule has 1 fully saturated rings. The minimum Gasteiger partial charge on any atom is -0.492 e. The molecule has 0 spiro atoms. The minimum atomic E-state index is -0.279. The SMILES string of the molecule is CC(CCCc1ncccn1)C(=O)CC1C=CC(c2ccc(OCCN3CCN(C)CC3)cc2F)=CC1. The number of hydrogen-bond acceptors (Lipinski definition) is 6. The lowest BCUT2D eigenvalue weighted by molar-refractivity contribution is -0.123. The molecular weight excluding hydrogens is 467 g/mol. The number of halogens is 1. The lowest BCUT2D eigenvalue weighted by Crippen LogP contribution is -2.45. The summed E-state index contributed by atoms with van der Waals surface area (Å²) in [6, 6.07) is 6.92. The van der Waals surface area contributed by atoms with E-state index in [4.69, 9.17) is 4.74 Å². The third-order valence-corrected chi connectivity index (χ3v) is 7.38. The van der Waals surface area contributed by atoms with Crippen molar-refractivity contribution in [1.82, 2.24) is 19.8 Å². The lowest BCUT2D eigenvalue weighted by Gasteiger charge is -2.32. The molecule has 2 atom stereocenters. The molecule has 37 heavy (non-hydrogen) atoms. The highest BCUT2D eigenvalue weighted by atomic mass is 19.1. The number of aryl methyl sites for hydroxylation is 1. The maximum atomic E-state index is 14.9. The van der Waals surface area contributed by atoms with Crippen molar-refractivity contribution in [2.75, 3.05) is 46.4 Å². The van der Waals surface area contributed by atoms with Gasteiger partial charge in [0.25, 0.3) is 0 Å². The first-order valence-corrected chi connectivity index (χ1v) is 13.5. The second-order valence-corrected chi connectivity index (χ2v) is 10.3. The molecule has 0 radical (unpaired) electrons. The number of benzene rings is 1. The Morgan fingerprint density at radius 3 is 2.68 bits per heavy atom. The van der Waals surface area contributed by atoms with E-state index in [0.29, 0.717) is 24.3 Å². The number of ether oxygens (including phenoxy) is 1. The molecule has 0 bridgehead atoms. The van der Waals surface area contributed by atoms with E-state index < -0.39 is 0 Å². The van der Waals surface area contributed by atoms with Gasteiger partial charge in [-0.25, -0.2) is 14.4 Å². The van der Waals surface area contributed by atoms with Crippen LogP contribution in [0.5, 0.6) is 5.75 Å². The lowest BCUT2D eigenvalue weighted by atomic mass is 9.86. The van der Waals surface area contributed by atoms with E-state index in [1.165, 1.54) is 6.07 Å². The second-order valence-electron chi connectivity index (χ2n) is 10.3. The van der Waals surface area contributed by atoms with Crippen LogP contribution in [0.25, 0.3) is 5.57 Å². The van der Waals surface area contributed by atoms with E-state index in [2.05, 4.69) is 32.9 Å². The quantitative estimate of drug-likeness (QED) is 0.411. The number of Topliss-reactive ketones (excluding diaryl/α,β-unsaturated/α-hetero) is 1. The van der Waals surface area contributed by atoms with E-state index in [9.17, 15) is 9.18 Å². The standard InChI is InChI=1S/C30H39FN4O2/c1-23(5-3-6-30-32-13-4-14-33-30)29(36)21-24-7-9-25(10-8-24)27-12-11-26(22-28(27)31)37-20-19-35-17-15-34(2)16-18-35/h4,7,9-14,22-24H,3,5-6,8,15-21H2,1-2H3. The van der Waals surface area contributed by atoms with Gasteiger partial charge >= 0.3 is 0 Å². The van der Waals surface area contributed by atoms with E-state index in [0.717, 1.165) is 69.8 Å². The van der Waals surface area contributed by atoms with Crippen molar-refractivity contribution < 1.29 is 13.9 Å². The molecule has 1 aliphatic carbocycles. The Balaban J connectivity index is 1.19. The van der Waals surface area contributed by atoms with Gasteiger partial charge in [-0.3, -0.25) is 9.69 Å². The highest BCUT2D eigenvalue weighted by Gasteiger charge is 2.20. The maximum Gasteiger partial charge on any atom is 0.136 e. The molecule has 6 nitrogen and oxygen atoms in total. The zero-order valence-electron chi connectivity index (χ0n) is 22.1. The van der Waals surface area contributed by atoms with Gasteiger partial charge in [0.1, 0.15) is 29.8 Å². The Hall–Kier alpha value is -2.90. The summed E-state index contributed by atoms with van der Waals surface area (Å²) in [6.07, 6.45) is 13.3. The number of carbonyl (C=O) groups excluding carboxylic acids is 1. The summed E-state index contributed by atoms with van der Waals surface area (Å²) in [5, 5.41) is 0. The minimum absolute atomic E-state index is 0.0173. The highest BCUT2D eigenvalue weighted by molar-refractivity contribution is 5.82. The fourth-order valence-corrected chi connectivity index (χ4v) is 4.85. The van der Waals surface area contributed by atoms with Crippen LogP contribution in [0.1, 0.15) is 44.0 Å². The number of likely N-dealkylation sites (N-methyl/N-ethyl adjacent to an activating group) is 1. The summed E-state index contributed by atoms with van der Waals surface area (Å²) in [7, 11) is 2.14. The second kappa shape index (κ2) is 13.6. The van der Waals surface area contributed by atoms with Crippen molar-refractivity contribution in [1.29, 1.82) is 0 Å². The van der Waals surface area contributed by atoms with Crippen LogP contribution in [0.3, 0.4) is 0 Å². The first-order valence-electron chi connectivity index (χ1n) is 13.5. The summed E-state index contributed by atoms with van der Waals surface area (Å²) < 4.78 is 20.7. The first kappa shape index (κ1) is 27.1. The van der Waals surface area contributed by atoms with Crippen LogP contribution in [0, 0.1) is 17.7 Å². The summed E-state index contributed by atoms with van der Waals surface area (Å²) in [5.74, 6) is 1.57. The Kier molecular flexibility index (Phi) is 9.97. The van der Waals surface area contributed by atoms with Crippen LogP contribution in [0.2, 0.25) is 0 Å². The van der Waals surface area contributed by atoms with E-state index >= 15 is 0 Å². The Bertz CT molecular complexity index is 1080. The Labute approximate surface area is 220 Å². The summed E-state index contributed by atoms with van der Waals surface area (Å²) in [4.78, 5) is 25.9. The molecule has 1 aromatic heterocycles. The first-order chi connectivity index (χ1) is 18.0. The molecule has 7 heteroatoms. The molecule has 0 amide bonds. The van der Waals surface area contributed by atoms with Crippen LogP contribution >= 0.6 is 0 Å². The molecule has 1 aliphatic heterocycles. The number of allylic oxidation sites excluding steroid dienone is 4. The van der Waals surface area contributed by atoms with Crippen molar-refractivity contribution in [3.05, 3.63) is 72.1 Å². The number of carbonyl (C=O) groups is 1. The number of nitrogens with zero attached hydrogens (tertiary/aromatic N) is 4. The van der Waals surface area contributed by atoms with Crippen LogP contribution < -0.4 is 4.74 Å². The molecule has 2 aromatic rings. The molecule has 2 heterocycles. The number of aromatic nitrogens is 2. The Morgan fingerprint density at radius 1 is 1.19 bits per heavy atom. The van der Waals surface area contributed by atoms with Gasteiger partial charge < -0.3 is 9.64 Å². The van der Waals surface area contributed by atoms with E-state index in [1.807, 2.05) is 31.2 Å². The smallest absolute Gasteiger partial charge is 0.136 e. The topological polar surface area (TPSA) is 58.6 Å². The van der Waals surface area contributed by atoms with Crippen LogP contribution in [0.15, 0.2) is 54.9 Å². The zero-order valence-corrected chi connectivity index (χ0v) is 22.1. The third kappa shape index (κ3) is 8.30. The molecule has 198 valence electrons. The molecule has 4 rings (SSSR count). The van der Waals surface area contributed by atoms with Crippen molar-refractivity contribution in [3.8, 4) is 5.75 Å². The van der Waals surface area contributed by atoms with Crippen LogP contribution in [0.4, 0.5) is 4.39 Å². The Morgan fingerprint density at radius 2 is 1.97 bits per heavy atom. The molecular formula is C30H39FN4O2. The van der Waals surface area contributed by atoms with E-state index in [1.54, 1.807) is 18.5 Å². The summed E-state index contributed by atoms with van der Waals surface area (Å²) in [6.45, 7) is 7.65. The average molecular weight is 507 g/mol. The fourth-order valence-electron chi connectivity index (χ4n) is 4.85. The molecule has 0 N–H and O–H groups in total. The number of piperazine rings is 1. The normalized spacial score (nSPS) is 19.4. The van der Waals surface area contributed by atoms with Crippen LogP contribution in [-0.2, 0) is 11.2 Å². The predicted molar refractivity (Wildman–Crippen MR) is 145 cm³/mol. The average Bonchev–Trinajstić information content (AvgIpc) is 2.91. The fraction of sp³-hybridized carbons (Fsp3) is 0.500. The predicted octanol–water partition coefficient (Wildman–Crippen LogP) is 4.82. The van der Waals surface area contributed by atoms with Gasteiger partial charge in [-0.15, -0.1) is 0 Å². The number of ketones is 1. The van der Waals surface area contributed by atoms with Crippen LogP contribution in [-0.4, -0.2) is 71.9 Å². The molecule has 2 unspecified atom stereocenters.